The van der Waals surface area contributed by atoms with Crippen molar-refractivity contribution in [3.63, 3.8) is 0 Å². The summed E-state index contributed by atoms with van der Waals surface area (Å²) >= 11 is 0. The van der Waals surface area contributed by atoms with Gasteiger partial charge in [-0.3, -0.25) is 4.79 Å². The summed E-state index contributed by atoms with van der Waals surface area (Å²) in [7, 11) is 0. The second kappa shape index (κ2) is 6.90. The molecule has 2 aliphatic heterocycles. The summed E-state index contributed by atoms with van der Waals surface area (Å²) in [4.78, 5) is 14.2. The Bertz CT molecular complexity index is 636. The van der Waals surface area contributed by atoms with Crippen molar-refractivity contribution >= 4 is 12.0 Å². The SMILES string of the molecule is CC1CCN(C(=O)/C=C/C=C/c2ccc3c(c2)OCO3)C(C)C1. The average Bonchev–Trinajstić information content (AvgIpc) is 2.99. The molecule has 0 aromatic heterocycles. The van der Waals surface area contributed by atoms with Gasteiger partial charge in [0.15, 0.2) is 11.5 Å². The fourth-order valence-corrected chi connectivity index (χ4v) is 3.15. The fraction of sp³-hybridized carbons (Fsp3) is 0.421. The lowest BCUT2D eigenvalue weighted by Crippen LogP contribution is -2.43. The number of likely N-dealkylation sites (tertiary alicyclic amines) is 1. The van der Waals surface area contributed by atoms with Gasteiger partial charge in [-0.15, -0.1) is 0 Å². The quantitative estimate of drug-likeness (QED) is 0.632. The van der Waals surface area contributed by atoms with Crippen molar-refractivity contribution < 1.29 is 14.3 Å². The van der Waals surface area contributed by atoms with Crippen LogP contribution in [0.5, 0.6) is 11.5 Å². The molecular formula is C19H23NO3. The van der Waals surface area contributed by atoms with Crippen LogP contribution in [0.15, 0.2) is 36.4 Å². The van der Waals surface area contributed by atoms with Crippen LogP contribution in [0, 0.1) is 5.92 Å². The second-order valence-corrected chi connectivity index (χ2v) is 6.34. The predicted octanol–water partition coefficient (Wildman–Crippen LogP) is 3.63. The molecule has 1 aromatic carbocycles. The van der Waals surface area contributed by atoms with Crippen LogP contribution in [0.25, 0.3) is 6.08 Å². The topological polar surface area (TPSA) is 38.8 Å². The smallest absolute Gasteiger partial charge is 0.246 e. The lowest BCUT2D eigenvalue weighted by Gasteiger charge is -2.35. The van der Waals surface area contributed by atoms with Crippen LogP contribution in [-0.2, 0) is 4.79 Å². The van der Waals surface area contributed by atoms with Gasteiger partial charge in [0.25, 0.3) is 0 Å². The normalized spacial score (nSPS) is 23.8. The molecule has 4 nitrogen and oxygen atoms in total. The number of fused-ring (bicyclic) bond motifs is 1. The van der Waals surface area contributed by atoms with Gasteiger partial charge in [0.1, 0.15) is 0 Å². The Balaban J connectivity index is 1.57. The lowest BCUT2D eigenvalue weighted by molar-refractivity contribution is -0.129. The van der Waals surface area contributed by atoms with E-state index in [1.54, 1.807) is 12.2 Å². The van der Waals surface area contributed by atoms with Crippen LogP contribution >= 0.6 is 0 Å². The third-order valence-electron chi connectivity index (χ3n) is 4.46. The predicted molar refractivity (Wildman–Crippen MR) is 90.3 cm³/mol. The van der Waals surface area contributed by atoms with E-state index in [2.05, 4.69) is 13.8 Å². The molecule has 23 heavy (non-hydrogen) atoms. The van der Waals surface area contributed by atoms with Crippen molar-refractivity contribution in [3.05, 3.63) is 42.0 Å². The number of piperidine rings is 1. The molecule has 1 amide bonds. The summed E-state index contributed by atoms with van der Waals surface area (Å²) in [6.07, 6.45) is 9.47. The molecule has 2 heterocycles. The number of hydrogen-bond acceptors (Lipinski definition) is 3. The van der Waals surface area contributed by atoms with Gasteiger partial charge in [-0.1, -0.05) is 31.2 Å². The molecule has 0 N–H and O–H groups in total. The molecule has 2 aliphatic rings. The summed E-state index contributed by atoms with van der Waals surface area (Å²) in [5.74, 6) is 2.35. The minimum Gasteiger partial charge on any atom is -0.454 e. The van der Waals surface area contributed by atoms with Crippen molar-refractivity contribution in [2.75, 3.05) is 13.3 Å². The third-order valence-corrected chi connectivity index (χ3v) is 4.46. The van der Waals surface area contributed by atoms with Gasteiger partial charge in [-0.25, -0.2) is 0 Å². The van der Waals surface area contributed by atoms with Crippen LogP contribution in [-0.4, -0.2) is 30.2 Å². The molecule has 0 spiro atoms. The highest BCUT2D eigenvalue weighted by Gasteiger charge is 2.25. The zero-order valence-corrected chi connectivity index (χ0v) is 13.7. The monoisotopic (exact) mass is 313 g/mol. The van der Waals surface area contributed by atoms with E-state index >= 15 is 0 Å². The number of amides is 1. The Labute approximate surface area is 137 Å². The first-order valence-corrected chi connectivity index (χ1v) is 8.18. The maximum absolute atomic E-state index is 12.2. The van der Waals surface area contributed by atoms with E-state index in [0.29, 0.717) is 12.0 Å². The molecule has 4 heteroatoms. The molecular weight excluding hydrogens is 290 g/mol. The molecule has 2 unspecified atom stereocenters. The van der Waals surface area contributed by atoms with Crippen molar-refractivity contribution in [1.29, 1.82) is 0 Å². The second-order valence-electron chi connectivity index (χ2n) is 6.34. The fourth-order valence-electron chi connectivity index (χ4n) is 3.15. The van der Waals surface area contributed by atoms with Gasteiger partial charge in [0, 0.05) is 18.7 Å². The zero-order chi connectivity index (χ0) is 16.2. The Morgan fingerprint density at radius 3 is 2.87 bits per heavy atom. The Kier molecular flexibility index (Phi) is 4.70. The van der Waals surface area contributed by atoms with Crippen molar-refractivity contribution in [1.82, 2.24) is 4.90 Å². The van der Waals surface area contributed by atoms with E-state index in [1.165, 1.54) is 0 Å². The first kappa shape index (κ1) is 15.7. The molecule has 1 fully saturated rings. The van der Waals surface area contributed by atoms with E-state index in [4.69, 9.17) is 9.47 Å². The van der Waals surface area contributed by atoms with Crippen LogP contribution in [0.1, 0.15) is 32.3 Å². The van der Waals surface area contributed by atoms with Crippen molar-refractivity contribution in [2.45, 2.75) is 32.7 Å². The van der Waals surface area contributed by atoms with E-state index in [9.17, 15) is 4.79 Å². The van der Waals surface area contributed by atoms with Crippen LogP contribution < -0.4 is 9.47 Å². The molecule has 0 aliphatic carbocycles. The molecule has 0 radical (unpaired) electrons. The van der Waals surface area contributed by atoms with E-state index in [0.717, 1.165) is 36.4 Å². The summed E-state index contributed by atoms with van der Waals surface area (Å²) in [5.41, 5.74) is 1.02. The van der Waals surface area contributed by atoms with Crippen molar-refractivity contribution in [3.8, 4) is 11.5 Å². The van der Waals surface area contributed by atoms with Gasteiger partial charge < -0.3 is 14.4 Å². The largest absolute Gasteiger partial charge is 0.454 e. The third kappa shape index (κ3) is 3.76. The van der Waals surface area contributed by atoms with Crippen LogP contribution in [0.3, 0.4) is 0 Å². The van der Waals surface area contributed by atoms with Gasteiger partial charge >= 0.3 is 0 Å². The summed E-state index contributed by atoms with van der Waals surface area (Å²) in [5, 5.41) is 0. The summed E-state index contributed by atoms with van der Waals surface area (Å²) < 4.78 is 10.6. The lowest BCUT2D eigenvalue weighted by atomic mass is 9.93. The summed E-state index contributed by atoms with van der Waals surface area (Å²) in [6.45, 7) is 5.52. The van der Waals surface area contributed by atoms with Gasteiger partial charge in [0.05, 0.1) is 0 Å². The highest BCUT2D eigenvalue weighted by atomic mass is 16.7. The maximum atomic E-state index is 12.2. The van der Waals surface area contributed by atoms with Gasteiger partial charge in [0.2, 0.25) is 12.7 Å². The number of carbonyl (C=O) groups excluding carboxylic acids is 1. The van der Waals surface area contributed by atoms with Gasteiger partial charge in [-0.05, 0) is 43.4 Å². The number of rotatable bonds is 3. The average molecular weight is 313 g/mol. The van der Waals surface area contributed by atoms with E-state index in [1.807, 2.05) is 35.3 Å². The van der Waals surface area contributed by atoms with E-state index in [-0.39, 0.29) is 12.7 Å². The number of benzene rings is 1. The number of nitrogens with zero attached hydrogens (tertiary/aromatic N) is 1. The molecule has 2 atom stereocenters. The highest BCUT2D eigenvalue weighted by molar-refractivity contribution is 5.88. The molecule has 0 saturated carbocycles. The number of allylic oxidation sites excluding steroid dienone is 2. The highest BCUT2D eigenvalue weighted by Crippen LogP contribution is 2.32. The maximum Gasteiger partial charge on any atom is 0.246 e. The number of carbonyl (C=O) groups is 1. The van der Waals surface area contributed by atoms with Crippen LogP contribution in [0.2, 0.25) is 0 Å². The number of ether oxygens (including phenoxy) is 2. The molecule has 122 valence electrons. The molecule has 3 rings (SSSR count). The Morgan fingerprint density at radius 1 is 1.22 bits per heavy atom. The zero-order valence-electron chi connectivity index (χ0n) is 13.7. The van der Waals surface area contributed by atoms with Crippen LogP contribution in [0.4, 0.5) is 0 Å². The minimum atomic E-state index is 0.0970. The molecule has 0 bridgehead atoms. The van der Waals surface area contributed by atoms with Gasteiger partial charge in [-0.2, -0.15) is 0 Å². The standard InChI is InChI=1S/C19H23NO3/c1-14-9-10-20(15(2)11-14)19(21)6-4-3-5-16-7-8-17-18(12-16)23-13-22-17/h3-8,12,14-15H,9-11,13H2,1-2H3/b5-3+,6-4+. The van der Waals surface area contributed by atoms with Crippen molar-refractivity contribution in [2.24, 2.45) is 5.92 Å². The van der Waals surface area contributed by atoms with E-state index < -0.39 is 0 Å². The number of hydrogen-bond donors (Lipinski definition) is 0. The first-order valence-electron chi connectivity index (χ1n) is 8.18. The summed E-state index contributed by atoms with van der Waals surface area (Å²) in [6, 6.07) is 6.12. The Hall–Kier alpha value is -2.23. The Morgan fingerprint density at radius 2 is 2.04 bits per heavy atom. The molecule has 1 aromatic rings. The first-order chi connectivity index (χ1) is 11.1. The minimum absolute atomic E-state index is 0.0970. The molecule has 1 saturated heterocycles.